The van der Waals surface area contributed by atoms with Crippen molar-refractivity contribution < 1.29 is 19.0 Å². The van der Waals surface area contributed by atoms with Crippen molar-refractivity contribution >= 4 is 50.6 Å². The van der Waals surface area contributed by atoms with Crippen molar-refractivity contribution in [2.75, 3.05) is 14.2 Å². The summed E-state index contributed by atoms with van der Waals surface area (Å²) < 4.78 is 17.8. The van der Waals surface area contributed by atoms with Gasteiger partial charge < -0.3 is 14.2 Å². The Morgan fingerprint density at radius 2 is 2.00 bits per heavy atom. The van der Waals surface area contributed by atoms with Gasteiger partial charge in [0.2, 0.25) is 0 Å². The van der Waals surface area contributed by atoms with Crippen LogP contribution in [0.15, 0.2) is 44.7 Å². The van der Waals surface area contributed by atoms with Crippen molar-refractivity contribution in [1.29, 1.82) is 0 Å². The summed E-state index contributed by atoms with van der Waals surface area (Å²) in [5, 5.41) is 5.11. The Kier molecular flexibility index (Phi) is 8.33. The van der Waals surface area contributed by atoms with E-state index in [4.69, 9.17) is 26.1 Å². The molecule has 0 aliphatic heterocycles. The molecule has 10 heteroatoms. The summed E-state index contributed by atoms with van der Waals surface area (Å²) in [5.41, 5.74) is 0.903. The molecule has 0 aliphatic rings. The molecule has 2 aromatic carbocycles. The van der Waals surface area contributed by atoms with Gasteiger partial charge in [-0.3, -0.25) is 4.79 Å². The minimum atomic E-state index is -0.879. The number of methoxy groups -OCH3 is 2. The molecule has 180 valence electrons. The zero-order valence-electron chi connectivity index (χ0n) is 19.5. The van der Waals surface area contributed by atoms with Gasteiger partial charge in [0, 0.05) is 10.4 Å². The number of halogens is 2. The molecule has 1 aromatic heterocycles. The van der Waals surface area contributed by atoms with Crippen LogP contribution in [0.5, 0.6) is 11.5 Å². The Morgan fingerprint density at radius 1 is 1.26 bits per heavy atom. The van der Waals surface area contributed by atoms with Gasteiger partial charge in [0.05, 0.1) is 36.4 Å². The normalized spacial score (nSPS) is 13.1. The highest BCUT2D eigenvalue weighted by Gasteiger charge is 2.20. The van der Waals surface area contributed by atoms with Crippen LogP contribution in [-0.4, -0.2) is 42.2 Å². The molecule has 0 amide bonds. The van der Waals surface area contributed by atoms with E-state index < -0.39 is 12.1 Å². The van der Waals surface area contributed by atoms with E-state index in [1.165, 1.54) is 25.1 Å². The van der Waals surface area contributed by atoms with Gasteiger partial charge in [-0.1, -0.05) is 41.4 Å². The molecular formula is C24H25BrClN3O5. The van der Waals surface area contributed by atoms with Crippen molar-refractivity contribution in [2.24, 2.45) is 5.10 Å². The van der Waals surface area contributed by atoms with Gasteiger partial charge in [0.1, 0.15) is 5.82 Å². The molecule has 3 aromatic rings. The zero-order valence-corrected chi connectivity index (χ0v) is 21.8. The third-order valence-corrected chi connectivity index (χ3v) is 6.06. The first kappa shape index (κ1) is 25.7. The van der Waals surface area contributed by atoms with Crippen molar-refractivity contribution in [3.63, 3.8) is 0 Å². The number of carbonyl (C=O) groups excluding carboxylic acids is 1. The lowest BCUT2D eigenvalue weighted by Crippen LogP contribution is -2.25. The highest BCUT2D eigenvalue weighted by atomic mass is 79.9. The van der Waals surface area contributed by atoms with Crippen LogP contribution in [0.3, 0.4) is 0 Å². The zero-order chi connectivity index (χ0) is 25.0. The fourth-order valence-electron chi connectivity index (χ4n) is 3.22. The predicted octanol–water partition coefficient (Wildman–Crippen LogP) is 5.16. The quantitative estimate of drug-likeness (QED) is 0.284. The van der Waals surface area contributed by atoms with Crippen LogP contribution < -0.4 is 15.0 Å². The number of nitrogens with zero attached hydrogens (tertiary/aromatic N) is 3. The minimum absolute atomic E-state index is 0.00612. The Balaban J connectivity index is 2.07. The van der Waals surface area contributed by atoms with Gasteiger partial charge in [-0.2, -0.15) is 9.78 Å². The molecule has 0 fully saturated rings. The highest BCUT2D eigenvalue weighted by molar-refractivity contribution is 9.10. The third kappa shape index (κ3) is 5.42. The summed E-state index contributed by atoms with van der Waals surface area (Å²) in [4.78, 5) is 29.7. The van der Waals surface area contributed by atoms with Crippen LogP contribution in [0.2, 0.25) is 5.02 Å². The SMILES string of the molecule is CC[C@@H](C)c1nc2ccc(Br)cc2c(=O)n1N=Cc1cc(Cl)c(O[C@@H](C)C(=O)OC)c(OC)c1. The number of hydrogen-bond acceptors (Lipinski definition) is 7. The maximum Gasteiger partial charge on any atom is 0.346 e. The first-order valence-electron chi connectivity index (χ1n) is 10.6. The number of aromatic nitrogens is 2. The van der Waals surface area contributed by atoms with Crippen molar-refractivity contribution in [1.82, 2.24) is 9.66 Å². The van der Waals surface area contributed by atoms with Crippen molar-refractivity contribution in [2.45, 2.75) is 39.2 Å². The summed E-state index contributed by atoms with van der Waals surface area (Å²) in [7, 11) is 2.73. The molecule has 0 aliphatic carbocycles. The summed E-state index contributed by atoms with van der Waals surface area (Å²) in [6.45, 7) is 5.56. The predicted molar refractivity (Wildman–Crippen MR) is 136 cm³/mol. The van der Waals surface area contributed by atoms with Crippen LogP contribution in [-0.2, 0) is 9.53 Å². The molecule has 3 rings (SSSR count). The summed E-state index contributed by atoms with van der Waals surface area (Å²) >= 11 is 9.82. The molecule has 0 saturated carbocycles. The van der Waals surface area contributed by atoms with Crippen LogP contribution in [0, 0.1) is 0 Å². The molecule has 0 unspecified atom stereocenters. The maximum absolute atomic E-state index is 13.3. The van der Waals surface area contributed by atoms with E-state index in [2.05, 4.69) is 25.8 Å². The van der Waals surface area contributed by atoms with Gasteiger partial charge in [-0.05, 0) is 49.2 Å². The average Bonchev–Trinajstić information content (AvgIpc) is 2.83. The average molecular weight is 551 g/mol. The van der Waals surface area contributed by atoms with Crippen LogP contribution in [0.1, 0.15) is 44.5 Å². The lowest BCUT2D eigenvalue weighted by molar-refractivity contribution is -0.147. The molecule has 0 saturated heterocycles. The Bertz CT molecular complexity index is 1310. The highest BCUT2D eigenvalue weighted by Crippen LogP contribution is 2.37. The lowest BCUT2D eigenvalue weighted by atomic mass is 10.1. The number of benzene rings is 2. The van der Waals surface area contributed by atoms with Gasteiger partial charge in [0.25, 0.3) is 5.56 Å². The number of rotatable bonds is 8. The van der Waals surface area contributed by atoms with E-state index in [9.17, 15) is 9.59 Å². The van der Waals surface area contributed by atoms with Crippen LogP contribution in [0.25, 0.3) is 10.9 Å². The van der Waals surface area contributed by atoms with Crippen molar-refractivity contribution in [3.05, 3.63) is 61.6 Å². The smallest absolute Gasteiger partial charge is 0.346 e. The van der Waals surface area contributed by atoms with Gasteiger partial charge in [-0.15, -0.1) is 0 Å². The van der Waals surface area contributed by atoms with E-state index in [1.54, 1.807) is 31.2 Å². The van der Waals surface area contributed by atoms with Crippen molar-refractivity contribution in [3.8, 4) is 11.5 Å². The Labute approximate surface area is 210 Å². The number of esters is 1. The minimum Gasteiger partial charge on any atom is -0.493 e. The van der Waals surface area contributed by atoms with Gasteiger partial charge >= 0.3 is 5.97 Å². The molecule has 8 nitrogen and oxygen atoms in total. The van der Waals surface area contributed by atoms with Gasteiger partial charge in [0.15, 0.2) is 17.6 Å². The Hall–Kier alpha value is -2.91. The van der Waals surface area contributed by atoms with E-state index >= 15 is 0 Å². The number of carbonyl (C=O) groups is 1. The summed E-state index contributed by atoms with van der Waals surface area (Å²) in [5.74, 6) is 0.528. The second-order valence-electron chi connectivity index (χ2n) is 7.62. The van der Waals surface area contributed by atoms with Crippen LogP contribution >= 0.6 is 27.5 Å². The molecule has 0 N–H and O–H groups in total. The summed E-state index contributed by atoms with van der Waals surface area (Å²) in [6, 6.07) is 8.63. The molecule has 34 heavy (non-hydrogen) atoms. The first-order chi connectivity index (χ1) is 16.2. The molecule has 0 spiro atoms. The maximum atomic E-state index is 13.3. The molecule has 2 atom stereocenters. The summed E-state index contributed by atoms with van der Waals surface area (Å²) in [6.07, 6.45) is 1.41. The monoisotopic (exact) mass is 549 g/mol. The van der Waals surface area contributed by atoms with E-state index in [-0.39, 0.29) is 22.2 Å². The van der Waals surface area contributed by atoms with E-state index in [0.717, 1.165) is 10.9 Å². The van der Waals surface area contributed by atoms with E-state index in [1.807, 2.05) is 19.9 Å². The second kappa shape index (κ2) is 11.0. The molecule has 0 bridgehead atoms. The largest absolute Gasteiger partial charge is 0.493 e. The third-order valence-electron chi connectivity index (χ3n) is 5.29. The van der Waals surface area contributed by atoms with Gasteiger partial charge in [-0.25, -0.2) is 9.78 Å². The number of ether oxygens (including phenoxy) is 3. The standard InChI is InChI=1S/C24H25BrClN3O5/c1-6-13(2)22-28-19-8-7-16(25)11-17(19)23(30)29(22)27-12-15-9-18(26)21(20(10-15)32-4)34-14(3)24(31)33-5/h7-14H,6H2,1-5H3/t13-,14+/m1/s1. The first-order valence-corrected chi connectivity index (χ1v) is 11.8. The number of fused-ring (bicyclic) bond motifs is 1. The molecule has 0 radical (unpaired) electrons. The fourth-order valence-corrected chi connectivity index (χ4v) is 3.85. The Morgan fingerprint density at radius 3 is 2.65 bits per heavy atom. The topological polar surface area (TPSA) is 92.0 Å². The van der Waals surface area contributed by atoms with E-state index in [0.29, 0.717) is 28.0 Å². The fraction of sp³-hybridized carbons (Fsp3) is 0.333. The lowest BCUT2D eigenvalue weighted by Gasteiger charge is -2.17. The molecular weight excluding hydrogens is 526 g/mol. The second-order valence-corrected chi connectivity index (χ2v) is 8.94. The van der Waals surface area contributed by atoms with Crippen LogP contribution in [0.4, 0.5) is 0 Å². The number of hydrogen-bond donors (Lipinski definition) is 0. The molecule has 1 heterocycles.